The molecule has 0 aliphatic heterocycles. The number of benzene rings is 1. The van der Waals surface area contributed by atoms with Gasteiger partial charge in [-0.3, -0.25) is 4.79 Å². The molecule has 0 aliphatic carbocycles. The highest BCUT2D eigenvalue weighted by Crippen LogP contribution is 2.11. The minimum atomic E-state index is -0.221. The molecule has 0 heterocycles. The molecule has 16 heavy (non-hydrogen) atoms. The van der Waals surface area contributed by atoms with Crippen LogP contribution in [0.4, 0.5) is 0 Å². The second kappa shape index (κ2) is 7.07. The highest BCUT2D eigenvalue weighted by atomic mass is 35.5. The first kappa shape index (κ1) is 12.8. The molecule has 3 heteroatoms. The van der Waals surface area contributed by atoms with Gasteiger partial charge in [0.05, 0.1) is 6.61 Å². The van der Waals surface area contributed by atoms with Gasteiger partial charge in [-0.15, -0.1) is 0 Å². The largest absolute Gasteiger partial charge is 0.466 e. The third-order valence-corrected chi connectivity index (χ3v) is 2.25. The number of halogens is 1. The lowest BCUT2D eigenvalue weighted by Crippen LogP contribution is -1.99. The van der Waals surface area contributed by atoms with Gasteiger partial charge in [0.15, 0.2) is 0 Å². The lowest BCUT2D eigenvalue weighted by molar-refractivity contribution is -0.141. The van der Waals surface area contributed by atoms with Gasteiger partial charge in [0.25, 0.3) is 0 Å². The van der Waals surface area contributed by atoms with Crippen molar-refractivity contribution in [1.29, 1.82) is 0 Å². The van der Waals surface area contributed by atoms with Crippen LogP contribution in [0.5, 0.6) is 0 Å². The van der Waals surface area contributed by atoms with Crippen molar-refractivity contribution in [2.45, 2.75) is 19.8 Å². The van der Waals surface area contributed by atoms with E-state index in [-0.39, 0.29) is 5.97 Å². The normalized spacial score (nSPS) is 10.6. The van der Waals surface area contributed by atoms with Gasteiger partial charge < -0.3 is 4.74 Å². The van der Waals surface area contributed by atoms with Gasteiger partial charge in [0, 0.05) is 11.9 Å². The van der Waals surface area contributed by atoms with Crippen molar-refractivity contribution in [2.24, 2.45) is 0 Å². The molecule has 0 aromatic heterocycles. The SMILES string of the molecule is CC(=O)OCCC/C=C\c1ccc(Cl)cc1. The molecule has 0 saturated heterocycles. The monoisotopic (exact) mass is 238 g/mol. The minimum absolute atomic E-state index is 0.221. The summed E-state index contributed by atoms with van der Waals surface area (Å²) in [4.78, 5) is 10.5. The number of unbranched alkanes of at least 4 members (excludes halogenated alkanes) is 1. The zero-order chi connectivity index (χ0) is 11.8. The molecule has 0 spiro atoms. The van der Waals surface area contributed by atoms with Gasteiger partial charge in [0.2, 0.25) is 0 Å². The Kier molecular flexibility index (Phi) is 5.65. The lowest BCUT2D eigenvalue weighted by Gasteiger charge is -1.98. The second-order valence-electron chi connectivity index (χ2n) is 3.44. The van der Waals surface area contributed by atoms with E-state index >= 15 is 0 Å². The van der Waals surface area contributed by atoms with E-state index in [0.717, 1.165) is 23.4 Å². The van der Waals surface area contributed by atoms with Crippen LogP contribution in [0.3, 0.4) is 0 Å². The maximum atomic E-state index is 10.5. The lowest BCUT2D eigenvalue weighted by atomic mass is 10.2. The summed E-state index contributed by atoms with van der Waals surface area (Å²) in [6.45, 7) is 1.91. The molecule has 2 nitrogen and oxygen atoms in total. The van der Waals surface area contributed by atoms with Gasteiger partial charge in [0.1, 0.15) is 0 Å². The summed E-state index contributed by atoms with van der Waals surface area (Å²) in [6, 6.07) is 7.65. The molecule has 0 bridgehead atoms. The van der Waals surface area contributed by atoms with E-state index in [4.69, 9.17) is 16.3 Å². The van der Waals surface area contributed by atoms with Crippen molar-refractivity contribution < 1.29 is 9.53 Å². The molecule has 0 radical (unpaired) electrons. The van der Waals surface area contributed by atoms with Crippen molar-refractivity contribution >= 4 is 23.6 Å². The van der Waals surface area contributed by atoms with E-state index in [1.54, 1.807) is 0 Å². The third kappa shape index (κ3) is 5.56. The molecular formula is C13H15ClO2. The van der Waals surface area contributed by atoms with Crippen LogP contribution in [-0.4, -0.2) is 12.6 Å². The van der Waals surface area contributed by atoms with Crippen molar-refractivity contribution in [3.63, 3.8) is 0 Å². The molecule has 0 unspecified atom stereocenters. The van der Waals surface area contributed by atoms with Crippen LogP contribution >= 0.6 is 11.6 Å². The van der Waals surface area contributed by atoms with Crippen LogP contribution in [-0.2, 0) is 9.53 Å². The van der Waals surface area contributed by atoms with Crippen molar-refractivity contribution in [3.8, 4) is 0 Å². The van der Waals surface area contributed by atoms with Gasteiger partial charge in [-0.1, -0.05) is 35.9 Å². The maximum Gasteiger partial charge on any atom is 0.302 e. The van der Waals surface area contributed by atoms with Crippen molar-refractivity contribution in [2.75, 3.05) is 6.61 Å². The predicted octanol–water partition coefficient (Wildman–Crippen LogP) is 3.70. The average Bonchev–Trinajstić information content (AvgIpc) is 2.25. The molecular weight excluding hydrogens is 224 g/mol. The maximum absolute atomic E-state index is 10.5. The fraction of sp³-hybridized carbons (Fsp3) is 0.308. The van der Waals surface area contributed by atoms with Crippen molar-refractivity contribution in [1.82, 2.24) is 0 Å². The number of esters is 1. The number of carbonyl (C=O) groups excluding carboxylic acids is 1. The molecule has 86 valence electrons. The second-order valence-corrected chi connectivity index (χ2v) is 3.87. The standard InChI is InChI=1S/C13H15ClO2/c1-11(15)16-10-4-2-3-5-12-6-8-13(14)9-7-12/h3,5-9H,2,4,10H2,1H3/b5-3-. The Morgan fingerprint density at radius 2 is 2.06 bits per heavy atom. The number of rotatable bonds is 5. The Morgan fingerprint density at radius 1 is 1.38 bits per heavy atom. The molecule has 1 aromatic carbocycles. The first-order chi connectivity index (χ1) is 7.68. The molecule has 0 atom stereocenters. The molecule has 1 rings (SSSR count). The number of allylic oxidation sites excluding steroid dienone is 1. The highest BCUT2D eigenvalue weighted by molar-refractivity contribution is 6.30. The van der Waals surface area contributed by atoms with Crippen LogP contribution in [0.2, 0.25) is 5.02 Å². The summed E-state index contributed by atoms with van der Waals surface area (Å²) < 4.78 is 4.82. The number of carbonyl (C=O) groups is 1. The number of hydrogen-bond donors (Lipinski definition) is 0. The van der Waals surface area contributed by atoms with E-state index in [9.17, 15) is 4.79 Å². The van der Waals surface area contributed by atoms with Gasteiger partial charge in [-0.2, -0.15) is 0 Å². The molecule has 1 aromatic rings. The summed E-state index contributed by atoms with van der Waals surface area (Å²) in [6.07, 6.45) is 5.84. The number of hydrogen-bond acceptors (Lipinski definition) is 2. The summed E-state index contributed by atoms with van der Waals surface area (Å²) in [5.41, 5.74) is 1.12. The molecule has 0 N–H and O–H groups in total. The Balaban J connectivity index is 2.22. The van der Waals surface area contributed by atoms with E-state index in [1.807, 2.05) is 30.3 Å². The quantitative estimate of drug-likeness (QED) is 0.578. The highest BCUT2D eigenvalue weighted by Gasteiger charge is 1.91. The van der Waals surface area contributed by atoms with Crippen LogP contribution in [0.1, 0.15) is 25.3 Å². The van der Waals surface area contributed by atoms with E-state index in [1.165, 1.54) is 6.92 Å². The molecule has 0 saturated carbocycles. The van der Waals surface area contributed by atoms with Crippen LogP contribution in [0.15, 0.2) is 30.3 Å². The summed E-state index contributed by atoms with van der Waals surface area (Å²) in [5, 5.41) is 0.743. The van der Waals surface area contributed by atoms with Gasteiger partial charge in [-0.25, -0.2) is 0 Å². The summed E-state index contributed by atoms with van der Waals surface area (Å²) >= 11 is 5.77. The van der Waals surface area contributed by atoms with Crippen molar-refractivity contribution in [3.05, 3.63) is 40.9 Å². The zero-order valence-electron chi connectivity index (χ0n) is 9.28. The third-order valence-electron chi connectivity index (χ3n) is 2.00. The molecule has 0 fully saturated rings. The van der Waals surface area contributed by atoms with E-state index in [2.05, 4.69) is 6.08 Å². The van der Waals surface area contributed by atoms with Crippen LogP contribution in [0, 0.1) is 0 Å². The van der Waals surface area contributed by atoms with Crippen LogP contribution in [0.25, 0.3) is 6.08 Å². The topological polar surface area (TPSA) is 26.3 Å². The summed E-state index contributed by atoms with van der Waals surface area (Å²) in [5.74, 6) is -0.221. The smallest absolute Gasteiger partial charge is 0.302 e. The Labute approximate surface area is 101 Å². The number of ether oxygens (including phenoxy) is 1. The Morgan fingerprint density at radius 3 is 2.69 bits per heavy atom. The first-order valence-electron chi connectivity index (χ1n) is 5.24. The van der Waals surface area contributed by atoms with Gasteiger partial charge in [-0.05, 0) is 30.5 Å². The van der Waals surface area contributed by atoms with Crippen LogP contribution < -0.4 is 0 Å². The fourth-order valence-electron chi connectivity index (χ4n) is 1.21. The average molecular weight is 239 g/mol. The Bertz CT molecular complexity index is 355. The minimum Gasteiger partial charge on any atom is -0.466 e. The predicted molar refractivity (Wildman–Crippen MR) is 66.4 cm³/mol. The Hall–Kier alpha value is -1.28. The molecule has 0 aliphatic rings. The molecule has 0 amide bonds. The summed E-state index contributed by atoms with van der Waals surface area (Å²) in [7, 11) is 0. The van der Waals surface area contributed by atoms with E-state index < -0.39 is 0 Å². The first-order valence-corrected chi connectivity index (χ1v) is 5.62. The van der Waals surface area contributed by atoms with Gasteiger partial charge >= 0.3 is 5.97 Å². The van der Waals surface area contributed by atoms with E-state index in [0.29, 0.717) is 6.61 Å². The zero-order valence-corrected chi connectivity index (χ0v) is 10.0. The fourth-order valence-corrected chi connectivity index (χ4v) is 1.34.